The van der Waals surface area contributed by atoms with Gasteiger partial charge in [-0.2, -0.15) is 0 Å². The van der Waals surface area contributed by atoms with Gasteiger partial charge in [-0.3, -0.25) is 0 Å². The van der Waals surface area contributed by atoms with Crippen molar-refractivity contribution in [3.63, 3.8) is 0 Å². The number of anilines is 1. The van der Waals surface area contributed by atoms with Gasteiger partial charge in [0.1, 0.15) is 30.0 Å². The lowest BCUT2D eigenvalue weighted by Gasteiger charge is -2.29. The molecule has 0 amide bonds. The quantitative estimate of drug-likeness (QED) is 0.383. The number of hydrogen-bond acceptors (Lipinski definition) is 9. The molecule has 0 bridgehead atoms. The number of nitrogens with zero attached hydrogens (tertiary/aromatic N) is 3. The van der Waals surface area contributed by atoms with Gasteiger partial charge >= 0.3 is 0 Å². The van der Waals surface area contributed by atoms with Crippen LogP contribution < -0.4 is 15.4 Å². The Hall–Kier alpha value is -2.72. The Labute approximate surface area is 216 Å². The third kappa shape index (κ3) is 5.98. The lowest BCUT2D eigenvalue weighted by molar-refractivity contribution is 0.0231. The maximum atomic E-state index is 10.0. The third-order valence-corrected chi connectivity index (χ3v) is 6.63. The first-order valence-electron chi connectivity index (χ1n) is 12.2. The second-order valence-electron chi connectivity index (χ2n) is 9.28. The first kappa shape index (κ1) is 26.3. The summed E-state index contributed by atoms with van der Waals surface area (Å²) in [4.78, 5) is 9.83. The van der Waals surface area contributed by atoms with Crippen molar-refractivity contribution in [3.8, 4) is 28.4 Å². The molecule has 4 rings (SSSR count). The van der Waals surface area contributed by atoms with Crippen molar-refractivity contribution in [1.82, 2.24) is 20.4 Å². The molecule has 10 heteroatoms. The highest BCUT2D eigenvalue weighted by atomic mass is 35.5. The van der Waals surface area contributed by atoms with Gasteiger partial charge in [0.2, 0.25) is 0 Å². The molecular formula is C26H34ClN5O4. The lowest BCUT2D eigenvalue weighted by atomic mass is 10.0. The normalized spacial score (nSPS) is 18.8. The van der Waals surface area contributed by atoms with Gasteiger partial charge in [-0.1, -0.05) is 16.8 Å². The average molecular weight is 516 g/mol. The Morgan fingerprint density at radius 2 is 2.06 bits per heavy atom. The van der Waals surface area contributed by atoms with Crippen LogP contribution in [0.5, 0.6) is 5.75 Å². The largest absolute Gasteiger partial charge is 0.491 e. The fraction of sp³-hybridized carbons (Fsp3) is 0.500. The number of hydrogen-bond donors (Lipinski definition) is 3. The van der Waals surface area contributed by atoms with E-state index in [1.165, 1.54) is 0 Å². The molecule has 1 aliphatic heterocycles. The van der Waals surface area contributed by atoms with Crippen LogP contribution >= 0.6 is 11.6 Å². The minimum absolute atomic E-state index is 0.149. The van der Waals surface area contributed by atoms with E-state index in [0.29, 0.717) is 41.1 Å². The van der Waals surface area contributed by atoms with E-state index in [-0.39, 0.29) is 18.8 Å². The molecule has 1 fully saturated rings. The van der Waals surface area contributed by atoms with Gasteiger partial charge < -0.3 is 29.7 Å². The number of benzene rings is 1. The molecule has 0 aliphatic carbocycles. The lowest BCUT2D eigenvalue weighted by Crippen LogP contribution is -2.33. The van der Waals surface area contributed by atoms with Crippen molar-refractivity contribution in [2.24, 2.45) is 0 Å². The fourth-order valence-electron chi connectivity index (χ4n) is 4.42. The molecule has 3 heterocycles. The van der Waals surface area contributed by atoms with Gasteiger partial charge in [0, 0.05) is 30.3 Å². The molecule has 0 spiro atoms. The van der Waals surface area contributed by atoms with Crippen molar-refractivity contribution in [1.29, 1.82) is 0 Å². The molecule has 194 valence electrons. The molecule has 1 unspecified atom stereocenters. The molecular weight excluding hydrogens is 482 g/mol. The summed E-state index contributed by atoms with van der Waals surface area (Å²) in [5.74, 6) is 2.46. The second kappa shape index (κ2) is 11.6. The van der Waals surface area contributed by atoms with Crippen molar-refractivity contribution in [2.45, 2.75) is 58.8 Å². The number of ether oxygens (including phenoxy) is 2. The zero-order chi connectivity index (χ0) is 25.8. The van der Waals surface area contributed by atoms with Gasteiger partial charge in [-0.25, -0.2) is 9.97 Å². The van der Waals surface area contributed by atoms with Crippen LogP contribution in [0, 0.1) is 20.8 Å². The van der Waals surface area contributed by atoms with E-state index in [2.05, 4.69) is 22.7 Å². The van der Waals surface area contributed by atoms with Gasteiger partial charge in [0.15, 0.2) is 5.82 Å². The van der Waals surface area contributed by atoms with Crippen molar-refractivity contribution >= 4 is 17.4 Å². The molecule has 1 saturated heterocycles. The highest BCUT2D eigenvalue weighted by Crippen LogP contribution is 2.36. The van der Waals surface area contributed by atoms with Gasteiger partial charge in [0.05, 0.1) is 28.1 Å². The van der Waals surface area contributed by atoms with E-state index in [4.69, 9.17) is 35.6 Å². The van der Waals surface area contributed by atoms with E-state index in [1.54, 1.807) is 25.2 Å². The summed E-state index contributed by atoms with van der Waals surface area (Å²) >= 11 is 6.62. The molecule has 2 aromatic heterocycles. The Bertz CT molecular complexity index is 1180. The minimum Gasteiger partial charge on any atom is -0.491 e. The SMILES string of the molecule is CNCC(O)COc1ccc(Cl)c(-c2nc(N[C@@H]3CCO[C@H](C)C3)c(C)c(-c3c(C)noc3C)n2)c1. The number of aliphatic hydroxyl groups excluding tert-OH is 1. The van der Waals surface area contributed by atoms with Crippen molar-refractivity contribution in [3.05, 3.63) is 40.2 Å². The summed E-state index contributed by atoms with van der Waals surface area (Å²) in [7, 11) is 1.78. The van der Waals surface area contributed by atoms with Gasteiger partial charge in [-0.15, -0.1) is 0 Å². The average Bonchev–Trinajstić information content (AvgIpc) is 3.18. The Kier molecular flexibility index (Phi) is 8.46. The number of aliphatic hydroxyl groups is 1. The predicted octanol–water partition coefficient (Wildman–Crippen LogP) is 4.32. The summed E-state index contributed by atoms with van der Waals surface area (Å²) in [6.07, 6.45) is 1.33. The van der Waals surface area contributed by atoms with Crippen LogP contribution in [-0.2, 0) is 4.74 Å². The number of rotatable bonds is 9. The molecule has 3 aromatic rings. The Morgan fingerprint density at radius 1 is 1.25 bits per heavy atom. The van der Waals surface area contributed by atoms with Gasteiger partial charge in [0.25, 0.3) is 0 Å². The first-order chi connectivity index (χ1) is 17.3. The van der Waals surface area contributed by atoms with E-state index in [0.717, 1.165) is 41.2 Å². The number of halogens is 1. The highest BCUT2D eigenvalue weighted by Gasteiger charge is 2.25. The predicted molar refractivity (Wildman–Crippen MR) is 140 cm³/mol. The molecule has 1 aliphatic rings. The van der Waals surface area contributed by atoms with Crippen LogP contribution in [0.1, 0.15) is 36.8 Å². The molecule has 0 saturated carbocycles. The molecule has 36 heavy (non-hydrogen) atoms. The maximum Gasteiger partial charge on any atom is 0.163 e. The molecule has 0 radical (unpaired) electrons. The topological polar surface area (TPSA) is 115 Å². The molecule has 3 N–H and O–H groups in total. The van der Waals surface area contributed by atoms with E-state index >= 15 is 0 Å². The summed E-state index contributed by atoms with van der Waals surface area (Å²) in [5.41, 5.74) is 3.89. The monoisotopic (exact) mass is 515 g/mol. The standard InChI is InChI=1S/C26H34ClN5O4/c1-14-10-18(8-9-34-14)29-25-15(2)24(23-16(3)32-36-17(23)4)30-26(31-25)21-11-20(6-7-22(21)27)35-13-19(33)12-28-5/h6-7,11,14,18-19,28,33H,8-10,12-13H2,1-5H3,(H,29,30,31)/t14-,18-,19?/m1/s1. The van der Waals surface area contributed by atoms with Crippen molar-refractivity contribution in [2.75, 3.05) is 32.1 Å². The van der Waals surface area contributed by atoms with Gasteiger partial charge in [-0.05, 0) is 65.8 Å². The number of aromatic nitrogens is 3. The maximum absolute atomic E-state index is 10.0. The van der Waals surface area contributed by atoms with Crippen LogP contribution in [0.25, 0.3) is 22.6 Å². The minimum atomic E-state index is -0.631. The second-order valence-corrected chi connectivity index (χ2v) is 9.69. The number of nitrogens with one attached hydrogen (secondary N) is 2. The van der Waals surface area contributed by atoms with Crippen LogP contribution in [0.15, 0.2) is 22.7 Å². The van der Waals surface area contributed by atoms with E-state index in [9.17, 15) is 5.11 Å². The molecule has 9 nitrogen and oxygen atoms in total. The zero-order valence-electron chi connectivity index (χ0n) is 21.4. The van der Waals surface area contributed by atoms with Crippen LogP contribution in [0.4, 0.5) is 5.82 Å². The van der Waals surface area contributed by atoms with E-state index < -0.39 is 6.10 Å². The molecule has 1 aromatic carbocycles. The number of likely N-dealkylation sites (N-methyl/N-ethyl adjacent to an activating group) is 1. The summed E-state index contributed by atoms with van der Waals surface area (Å²) in [6.45, 7) is 9.15. The first-order valence-corrected chi connectivity index (χ1v) is 12.6. The Morgan fingerprint density at radius 3 is 2.75 bits per heavy atom. The third-order valence-electron chi connectivity index (χ3n) is 6.30. The fourth-order valence-corrected chi connectivity index (χ4v) is 4.62. The highest BCUT2D eigenvalue weighted by molar-refractivity contribution is 6.33. The molecule has 3 atom stereocenters. The Balaban J connectivity index is 1.76. The summed E-state index contributed by atoms with van der Waals surface area (Å²) in [6, 6.07) is 5.55. The van der Waals surface area contributed by atoms with Crippen LogP contribution in [0.3, 0.4) is 0 Å². The summed E-state index contributed by atoms with van der Waals surface area (Å²) < 4.78 is 17.0. The smallest absolute Gasteiger partial charge is 0.163 e. The zero-order valence-corrected chi connectivity index (χ0v) is 22.1. The number of aryl methyl sites for hydroxylation is 2. The van der Waals surface area contributed by atoms with Crippen LogP contribution in [0.2, 0.25) is 5.02 Å². The summed E-state index contributed by atoms with van der Waals surface area (Å²) in [5, 5.41) is 21.2. The van der Waals surface area contributed by atoms with Crippen LogP contribution in [-0.4, -0.2) is 65.3 Å². The van der Waals surface area contributed by atoms with Crippen molar-refractivity contribution < 1.29 is 19.1 Å². The van der Waals surface area contributed by atoms with E-state index in [1.807, 2.05) is 20.8 Å².